The average Bonchev–Trinajstić information content (AvgIpc) is 3.57. The van der Waals surface area contributed by atoms with Gasteiger partial charge in [-0.2, -0.15) is 10.2 Å². The Labute approximate surface area is 207 Å². The monoisotopic (exact) mass is 483 g/mol. The van der Waals surface area contributed by atoms with Crippen LogP contribution < -0.4 is 19.5 Å². The maximum Gasteiger partial charge on any atom is 0.277 e. The van der Waals surface area contributed by atoms with E-state index < -0.39 is 0 Å². The van der Waals surface area contributed by atoms with Crippen LogP contribution in [0.25, 0.3) is 10.8 Å². The number of fused-ring (bicyclic) bond motifs is 1. The molecule has 5 rings (SSSR count). The van der Waals surface area contributed by atoms with Gasteiger partial charge in [0.2, 0.25) is 5.75 Å². The molecule has 36 heavy (non-hydrogen) atoms. The lowest BCUT2D eigenvalue weighted by molar-refractivity contribution is 0.101. The third kappa shape index (κ3) is 4.85. The van der Waals surface area contributed by atoms with E-state index in [4.69, 9.17) is 14.2 Å². The van der Waals surface area contributed by atoms with E-state index in [1.54, 1.807) is 49.4 Å². The second-order valence-corrected chi connectivity index (χ2v) is 8.00. The molecule has 0 fully saturated rings. The highest BCUT2D eigenvalue weighted by atomic mass is 16.5. The molecule has 182 valence electrons. The Hall–Kier alpha value is -4.79. The molecule has 1 N–H and O–H groups in total. The molecule has 0 spiro atoms. The molecule has 5 aromatic rings. The predicted octanol–water partition coefficient (Wildman–Crippen LogP) is 4.59. The molecule has 3 aromatic carbocycles. The average molecular weight is 484 g/mol. The summed E-state index contributed by atoms with van der Waals surface area (Å²) in [7, 11) is 3.11. The van der Waals surface area contributed by atoms with Gasteiger partial charge in [0.05, 0.1) is 20.8 Å². The predicted molar refractivity (Wildman–Crippen MR) is 136 cm³/mol. The second-order valence-electron chi connectivity index (χ2n) is 8.00. The summed E-state index contributed by atoms with van der Waals surface area (Å²) in [6.07, 6.45) is 3.50. The van der Waals surface area contributed by atoms with Gasteiger partial charge < -0.3 is 19.5 Å². The summed E-state index contributed by atoms with van der Waals surface area (Å²) in [5, 5.41) is 14.0. The van der Waals surface area contributed by atoms with E-state index in [1.807, 2.05) is 30.5 Å². The lowest BCUT2D eigenvalue weighted by Crippen LogP contribution is -2.15. The zero-order chi connectivity index (χ0) is 24.9. The van der Waals surface area contributed by atoms with Gasteiger partial charge in [-0.05, 0) is 34.5 Å². The van der Waals surface area contributed by atoms with Crippen molar-refractivity contribution in [3.63, 3.8) is 0 Å². The number of para-hydroxylation sites is 1. The minimum Gasteiger partial charge on any atom is -0.493 e. The van der Waals surface area contributed by atoms with E-state index in [9.17, 15) is 4.79 Å². The summed E-state index contributed by atoms with van der Waals surface area (Å²) >= 11 is 0. The summed E-state index contributed by atoms with van der Waals surface area (Å²) in [6, 6.07) is 23.2. The fourth-order valence-electron chi connectivity index (χ4n) is 3.95. The largest absolute Gasteiger partial charge is 0.493 e. The van der Waals surface area contributed by atoms with Crippen LogP contribution in [-0.4, -0.2) is 39.7 Å². The first-order chi connectivity index (χ1) is 17.6. The number of methoxy groups -OCH3 is 2. The standard InChI is InChI=1S/C27H25N5O4/c1-34-23-11-6-12-24(35-2)26(23)36-18-32-15-13-22(29-32)27(33)28-25-14-16-31(30-25)17-20-9-5-8-19-7-3-4-10-21(19)20/h3-16H,17-18H2,1-2H3,(H,28,30,33). The zero-order valence-corrected chi connectivity index (χ0v) is 19.9. The van der Waals surface area contributed by atoms with Crippen LogP contribution in [0.3, 0.4) is 0 Å². The molecule has 0 aliphatic heterocycles. The molecule has 1 amide bonds. The van der Waals surface area contributed by atoms with Gasteiger partial charge in [0.25, 0.3) is 5.91 Å². The molecule has 2 heterocycles. The van der Waals surface area contributed by atoms with Gasteiger partial charge in [0, 0.05) is 18.5 Å². The maximum atomic E-state index is 12.7. The van der Waals surface area contributed by atoms with Crippen molar-refractivity contribution in [1.29, 1.82) is 0 Å². The van der Waals surface area contributed by atoms with Crippen LogP contribution in [0.2, 0.25) is 0 Å². The van der Waals surface area contributed by atoms with Gasteiger partial charge in [0.1, 0.15) is 0 Å². The molecule has 0 radical (unpaired) electrons. The lowest BCUT2D eigenvalue weighted by Gasteiger charge is -2.13. The van der Waals surface area contributed by atoms with Crippen molar-refractivity contribution < 1.29 is 19.0 Å². The highest BCUT2D eigenvalue weighted by Crippen LogP contribution is 2.36. The molecule has 9 heteroatoms. The highest BCUT2D eigenvalue weighted by Gasteiger charge is 2.14. The lowest BCUT2D eigenvalue weighted by atomic mass is 10.0. The van der Waals surface area contributed by atoms with Crippen LogP contribution in [0.15, 0.2) is 85.2 Å². The number of benzene rings is 3. The molecule has 0 aliphatic carbocycles. The molecular formula is C27H25N5O4. The maximum absolute atomic E-state index is 12.7. The van der Waals surface area contributed by atoms with Crippen LogP contribution in [-0.2, 0) is 13.3 Å². The number of nitrogens with zero attached hydrogens (tertiary/aromatic N) is 4. The van der Waals surface area contributed by atoms with Crippen molar-refractivity contribution in [3.05, 3.63) is 96.4 Å². The Morgan fingerprint density at radius 2 is 1.56 bits per heavy atom. The van der Waals surface area contributed by atoms with Gasteiger partial charge >= 0.3 is 0 Å². The van der Waals surface area contributed by atoms with Crippen molar-refractivity contribution in [2.24, 2.45) is 0 Å². The van der Waals surface area contributed by atoms with E-state index in [2.05, 4.69) is 39.8 Å². The number of carbonyl (C=O) groups excluding carboxylic acids is 1. The molecule has 0 saturated heterocycles. The quantitative estimate of drug-likeness (QED) is 0.330. The van der Waals surface area contributed by atoms with E-state index in [-0.39, 0.29) is 18.3 Å². The fourth-order valence-corrected chi connectivity index (χ4v) is 3.95. The van der Waals surface area contributed by atoms with Gasteiger partial charge in [0.15, 0.2) is 29.7 Å². The Morgan fingerprint density at radius 3 is 2.36 bits per heavy atom. The summed E-state index contributed by atoms with van der Waals surface area (Å²) in [6.45, 7) is 0.666. The topological polar surface area (TPSA) is 92.4 Å². The van der Waals surface area contributed by atoms with Crippen molar-refractivity contribution >= 4 is 22.5 Å². The molecule has 2 aromatic heterocycles. The third-order valence-corrected chi connectivity index (χ3v) is 5.69. The Balaban J connectivity index is 1.22. The van der Waals surface area contributed by atoms with Crippen LogP contribution in [0.1, 0.15) is 16.1 Å². The number of amides is 1. The van der Waals surface area contributed by atoms with Crippen molar-refractivity contribution in [1.82, 2.24) is 19.6 Å². The SMILES string of the molecule is COc1cccc(OC)c1OCn1ccc(C(=O)Nc2ccn(Cc3cccc4ccccc34)n2)n1. The van der Waals surface area contributed by atoms with Gasteiger partial charge in [-0.15, -0.1) is 0 Å². The number of anilines is 1. The number of aromatic nitrogens is 4. The summed E-state index contributed by atoms with van der Waals surface area (Å²) in [5.41, 5.74) is 1.40. The Morgan fingerprint density at radius 1 is 0.833 bits per heavy atom. The van der Waals surface area contributed by atoms with E-state index in [1.165, 1.54) is 15.5 Å². The number of nitrogens with one attached hydrogen (secondary N) is 1. The first-order valence-electron chi connectivity index (χ1n) is 11.3. The van der Waals surface area contributed by atoms with E-state index >= 15 is 0 Å². The molecule has 0 atom stereocenters. The van der Waals surface area contributed by atoms with E-state index in [0.717, 1.165) is 5.56 Å². The molecule has 0 aliphatic rings. The van der Waals surface area contributed by atoms with Crippen LogP contribution in [0, 0.1) is 0 Å². The molecule has 0 saturated carbocycles. The van der Waals surface area contributed by atoms with E-state index in [0.29, 0.717) is 29.6 Å². The minimum atomic E-state index is -0.362. The first kappa shape index (κ1) is 23.0. The second kappa shape index (κ2) is 10.2. The molecule has 9 nitrogen and oxygen atoms in total. The molecular weight excluding hydrogens is 458 g/mol. The van der Waals surface area contributed by atoms with Crippen molar-refractivity contribution in [2.75, 3.05) is 19.5 Å². The Kier molecular flexibility index (Phi) is 6.53. The summed E-state index contributed by atoms with van der Waals surface area (Å²) in [5.74, 6) is 1.63. The third-order valence-electron chi connectivity index (χ3n) is 5.69. The summed E-state index contributed by atoms with van der Waals surface area (Å²) < 4.78 is 19.8. The molecule has 0 bridgehead atoms. The van der Waals surface area contributed by atoms with Crippen molar-refractivity contribution in [3.8, 4) is 17.2 Å². The normalized spacial score (nSPS) is 10.8. The number of hydrogen-bond donors (Lipinski definition) is 1. The van der Waals surface area contributed by atoms with Crippen LogP contribution >= 0.6 is 0 Å². The zero-order valence-electron chi connectivity index (χ0n) is 19.9. The van der Waals surface area contributed by atoms with Gasteiger partial charge in [-0.25, -0.2) is 4.68 Å². The smallest absolute Gasteiger partial charge is 0.277 e. The van der Waals surface area contributed by atoms with Crippen LogP contribution in [0.4, 0.5) is 5.82 Å². The number of carbonyl (C=O) groups is 1. The Bertz CT molecular complexity index is 1480. The fraction of sp³-hybridized carbons (Fsp3) is 0.148. The summed E-state index contributed by atoms with van der Waals surface area (Å²) in [4.78, 5) is 12.7. The number of hydrogen-bond acceptors (Lipinski definition) is 6. The first-order valence-corrected chi connectivity index (χ1v) is 11.3. The van der Waals surface area contributed by atoms with Gasteiger partial charge in [-0.1, -0.05) is 48.5 Å². The highest BCUT2D eigenvalue weighted by molar-refractivity contribution is 6.02. The number of ether oxygens (including phenoxy) is 3. The number of rotatable bonds is 9. The van der Waals surface area contributed by atoms with Gasteiger partial charge in [-0.3, -0.25) is 9.48 Å². The molecule has 0 unspecified atom stereocenters. The van der Waals surface area contributed by atoms with Crippen LogP contribution in [0.5, 0.6) is 17.2 Å². The van der Waals surface area contributed by atoms with Crippen molar-refractivity contribution in [2.45, 2.75) is 13.3 Å². The minimum absolute atomic E-state index is 0.0731.